The minimum Gasteiger partial charge on any atom is -0.394 e. The van der Waals surface area contributed by atoms with E-state index in [1.165, 1.54) is 4.68 Å². The van der Waals surface area contributed by atoms with Gasteiger partial charge in [-0.15, -0.1) is 0 Å². The van der Waals surface area contributed by atoms with Crippen LogP contribution in [-0.2, 0) is 4.43 Å². The van der Waals surface area contributed by atoms with Crippen LogP contribution in [0.25, 0.3) is 16.6 Å². The monoisotopic (exact) mass is 353 g/mol. The number of aromatic nitrogens is 2. The summed E-state index contributed by atoms with van der Waals surface area (Å²) in [5, 5.41) is 5.04. The van der Waals surface area contributed by atoms with Crippen LogP contribution in [0, 0.1) is 0 Å². The highest BCUT2D eigenvalue weighted by atomic mass is 127. The molecule has 0 radical (unpaired) electrons. The zero-order chi connectivity index (χ0) is 12.9. The molecule has 0 amide bonds. The molecule has 0 spiro atoms. The lowest BCUT2D eigenvalue weighted by Crippen LogP contribution is -2.38. The van der Waals surface area contributed by atoms with Crippen LogP contribution in [0.15, 0.2) is 34.0 Å². The highest BCUT2D eigenvalue weighted by Crippen LogP contribution is 2.21. The first-order valence-electron chi connectivity index (χ1n) is 5.25. The van der Waals surface area contributed by atoms with E-state index in [0.29, 0.717) is 0 Å². The van der Waals surface area contributed by atoms with Gasteiger partial charge in [-0.2, -0.15) is 5.10 Å². The Morgan fingerprint density at radius 1 is 1.28 bits per heavy atom. The van der Waals surface area contributed by atoms with Crippen LogP contribution in [-0.4, -0.2) is 9.78 Å². The molecule has 1 aromatic heterocycles. The minimum absolute atomic E-state index is 0.00937. The van der Waals surface area contributed by atoms with E-state index < -0.39 is 10.9 Å². The van der Waals surface area contributed by atoms with Crippen molar-refractivity contribution in [1.29, 1.82) is 0 Å². The summed E-state index contributed by atoms with van der Waals surface area (Å²) < 4.78 is 2.31. The molecule has 0 saturated heterocycles. The molecule has 0 unspecified atom stereocenters. The third kappa shape index (κ3) is 1.41. The maximum Gasteiger partial charge on any atom is 0.255 e. The van der Waals surface area contributed by atoms with Crippen molar-refractivity contribution in [3.63, 3.8) is 0 Å². The fraction of sp³-hybridized carbons (Fsp3) is 0.0833. The van der Waals surface area contributed by atoms with Gasteiger partial charge >= 0.3 is 0 Å². The summed E-state index contributed by atoms with van der Waals surface area (Å²) in [6, 6.07) is 5.89. The van der Waals surface area contributed by atoms with Crippen molar-refractivity contribution in [1.82, 2.24) is 9.78 Å². The number of alkyl halides is 1. The molecule has 5 nitrogen and oxygen atoms in total. The standard InChI is InChI=1S/C12H8IN3O2/c13-4-6-1-2-7-5-15-16(8(7)3-6)10-9(14)11(17)12(10)18/h1-3,5H,4,14H2. The van der Waals surface area contributed by atoms with E-state index in [-0.39, 0.29) is 11.4 Å². The maximum atomic E-state index is 11.5. The lowest BCUT2D eigenvalue weighted by atomic mass is 10.1. The first-order valence-corrected chi connectivity index (χ1v) is 6.78. The number of nitrogens with zero attached hydrogens (tertiary/aromatic N) is 2. The quantitative estimate of drug-likeness (QED) is 0.426. The number of nitrogens with two attached hydrogens (primary N) is 1. The van der Waals surface area contributed by atoms with Gasteiger partial charge in [0.2, 0.25) is 0 Å². The van der Waals surface area contributed by atoms with Gasteiger partial charge in [0.15, 0.2) is 0 Å². The molecule has 3 rings (SSSR count). The molecule has 0 aliphatic heterocycles. The van der Waals surface area contributed by atoms with Crippen LogP contribution in [0.2, 0.25) is 0 Å². The van der Waals surface area contributed by atoms with Crippen LogP contribution in [0.5, 0.6) is 0 Å². The van der Waals surface area contributed by atoms with E-state index in [4.69, 9.17) is 5.73 Å². The topological polar surface area (TPSA) is 78.0 Å². The Morgan fingerprint density at radius 2 is 2.06 bits per heavy atom. The lowest BCUT2D eigenvalue weighted by molar-refractivity contribution is 0.893. The van der Waals surface area contributed by atoms with Crippen molar-refractivity contribution >= 4 is 39.2 Å². The normalized spacial score (nSPS) is 11.4. The number of hydrogen-bond donors (Lipinski definition) is 1. The molecule has 0 bridgehead atoms. The summed E-state index contributed by atoms with van der Waals surface area (Å²) in [5.41, 5.74) is 6.45. The Balaban J connectivity index is 2.31. The number of hydrogen-bond acceptors (Lipinski definition) is 4. The molecule has 0 aliphatic rings. The summed E-state index contributed by atoms with van der Waals surface area (Å²) in [5.74, 6) is 0. The van der Waals surface area contributed by atoms with Crippen molar-refractivity contribution in [3.05, 3.63) is 50.4 Å². The smallest absolute Gasteiger partial charge is 0.255 e. The van der Waals surface area contributed by atoms with Crippen LogP contribution in [0.3, 0.4) is 0 Å². The summed E-state index contributed by atoms with van der Waals surface area (Å²) in [7, 11) is 0. The second-order valence-corrected chi connectivity index (χ2v) is 4.77. The molecule has 6 heteroatoms. The molecule has 1 heterocycles. The Morgan fingerprint density at radius 3 is 2.72 bits per heavy atom. The summed E-state index contributed by atoms with van der Waals surface area (Å²) in [4.78, 5) is 22.7. The Labute approximate surface area is 115 Å². The van der Waals surface area contributed by atoms with E-state index in [2.05, 4.69) is 27.7 Å². The largest absolute Gasteiger partial charge is 0.394 e. The van der Waals surface area contributed by atoms with Gasteiger partial charge < -0.3 is 5.73 Å². The van der Waals surface area contributed by atoms with Crippen LogP contribution in [0.1, 0.15) is 5.56 Å². The molecular weight excluding hydrogens is 345 g/mol. The van der Waals surface area contributed by atoms with E-state index >= 15 is 0 Å². The number of halogens is 1. The molecule has 2 N–H and O–H groups in total. The highest BCUT2D eigenvalue weighted by Gasteiger charge is 2.21. The van der Waals surface area contributed by atoms with Gasteiger partial charge in [-0.25, -0.2) is 4.68 Å². The lowest BCUT2D eigenvalue weighted by Gasteiger charge is -2.08. The molecule has 3 aromatic rings. The fourth-order valence-corrected chi connectivity index (χ4v) is 2.41. The van der Waals surface area contributed by atoms with Crippen LogP contribution >= 0.6 is 22.6 Å². The minimum atomic E-state index is -0.626. The zero-order valence-electron chi connectivity index (χ0n) is 9.18. The van der Waals surface area contributed by atoms with Gasteiger partial charge in [-0.05, 0) is 11.6 Å². The predicted molar refractivity (Wildman–Crippen MR) is 78.1 cm³/mol. The van der Waals surface area contributed by atoms with Crippen molar-refractivity contribution in [2.24, 2.45) is 0 Å². The van der Waals surface area contributed by atoms with Crippen molar-refractivity contribution in [2.45, 2.75) is 4.43 Å². The second-order valence-electron chi connectivity index (χ2n) is 4.00. The van der Waals surface area contributed by atoms with Gasteiger partial charge in [0.05, 0.1) is 11.7 Å². The number of benzene rings is 1. The van der Waals surface area contributed by atoms with Gasteiger partial charge in [0.1, 0.15) is 11.4 Å². The Kier molecular flexibility index (Phi) is 2.47. The number of rotatable bonds is 2. The van der Waals surface area contributed by atoms with Crippen molar-refractivity contribution in [2.75, 3.05) is 5.73 Å². The van der Waals surface area contributed by atoms with Gasteiger partial charge in [0, 0.05) is 9.81 Å². The number of nitrogen functional groups attached to an aromatic ring is 1. The van der Waals surface area contributed by atoms with Gasteiger partial charge in [-0.3, -0.25) is 9.59 Å². The van der Waals surface area contributed by atoms with Gasteiger partial charge in [-0.1, -0.05) is 34.7 Å². The van der Waals surface area contributed by atoms with Crippen LogP contribution < -0.4 is 16.6 Å². The number of anilines is 1. The molecule has 0 saturated carbocycles. The Hall–Kier alpha value is -1.70. The fourth-order valence-electron chi connectivity index (χ4n) is 1.93. The molecular formula is C12H8IN3O2. The molecule has 18 heavy (non-hydrogen) atoms. The average molecular weight is 353 g/mol. The Bertz CT molecular complexity index is 828. The summed E-state index contributed by atoms with van der Waals surface area (Å²) in [6.07, 6.45) is 1.66. The van der Waals surface area contributed by atoms with Crippen molar-refractivity contribution < 1.29 is 0 Å². The third-order valence-electron chi connectivity index (χ3n) is 2.92. The van der Waals surface area contributed by atoms with E-state index in [9.17, 15) is 9.59 Å². The first-order chi connectivity index (χ1) is 8.63. The molecule has 0 aliphatic carbocycles. The van der Waals surface area contributed by atoms with Gasteiger partial charge in [0.25, 0.3) is 10.9 Å². The number of fused-ring (bicyclic) bond motifs is 1. The third-order valence-corrected chi connectivity index (χ3v) is 3.80. The van der Waals surface area contributed by atoms with Crippen molar-refractivity contribution in [3.8, 4) is 5.69 Å². The summed E-state index contributed by atoms with van der Waals surface area (Å²) in [6.45, 7) is 0. The second kappa shape index (κ2) is 3.91. The molecule has 0 fully saturated rings. The van der Waals surface area contributed by atoms with E-state index in [0.717, 1.165) is 20.9 Å². The van der Waals surface area contributed by atoms with E-state index in [1.54, 1.807) is 6.20 Å². The molecule has 90 valence electrons. The SMILES string of the molecule is Nc1c(-n2ncc3ccc(CI)cc32)c(=O)c1=O. The predicted octanol–water partition coefficient (Wildman–Crippen LogP) is 1.14. The zero-order valence-corrected chi connectivity index (χ0v) is 11.3. The van der Waals surface area contributed by atoms with Crippen LogP contribution in [0.4, 0.5) is 5.69 Å². The molecule has 2 aromatic carbocycles. The first kappa shape index (κ1) is 11.4. The van der Waals surface area contributed by atoms with E-state index in [1.807, 2.05) is 18.2 Å². The highest BCUT2D eigenvalue weighted by molar-refractivity contribution is 14.1. The average Bonchev–Trinajstić information content (AvgIpc) is 2.81. The molecule has 0 atom stereocenters. The summed E-state index contributed by atoms with van der Waals surface area (Å²) >= 11 is 2.26. The maximum absolute atomic E-state index is 11.5.